The van der Waals surface area contributed by atoms with Gasteiger partial charge in [-0.1, -0.05) is 25.8 Å². The van der Waals surface area contributed by atoms with Crippen molar-refractivity contribution < 1.29 is 13.6 Å². The van der Waals surface area contributed by atoms with Crippen LogP contribution in [0.15, 0.2) is 18.2 Å². The Morgan fingerprint density at radius 2 is 2.00 bits per heavy atom. The molecule has 100 valence electrons. The highest BCUT2D eigenvalue weighted by Crippen LogP contribution is 2.16. The summed E-state index contributed by atoms with van der Waals surface area (Å²) in [6.45, 7) is 3.83. The van der Waals surface area contributed by atoms with Crippen LogP contribution in [0.5, 0.6) is 0 Å². The molecule has 4 heteroatoms. The molecule has 0 heterocycles. The SMILES string of the molecule is CCCCCC(=O)NC(C)c1ccc(F)c(F)c1. The molecule has 0 aliphatic rings. The normalized spacial score (nSPS) is 12.2. The van der Waals surface area contributed by atoms with Gasteiger partial charge in [0.15, 0.2) is 11.6 Å². The van der Waals surface area contributed by atoms with E-state index in [2.05, 4.69) is 12.2 Å². The third-order valence-electron chi connectivity index (χ3n) is 2.83. The predicted octanol–water partition coefficient (Wildman–Crippen LogP) is 3.72. The van der Waals surface area contributed by atoms with Crippen molar-refractivity contribution in [3.63, 3.8) is 0 Å². The lowest BCUT2D eigenvalue weighted by atomic mass is 10.1. The Labute approximate surface area is 106 Å². The van der Waals surface area contributed by atoms with Crippen LogP contribution in [-0.2, 0) is 4.79 Å². The highest BCUT2D eigenvalue weighted by atomic mass is 19.2. The van der Waals surface area contributed by atoms with Gasteiger partial charge < -0.3 is 5.32 Å². The average Bonchev–Trinajstić information content (AvgIpc) is 2.33. The lowest BCUT2D eigenvalue weighted by Crippen LogP contribution is -2.26. The van der Waals surface area contributed by atoms with Gasteiger partial charge in [-0.2, -0.15) is 0 Å². The van der Waals surface area contributed by atoms with E-state index in [4.69, 9.17) is 0 Å². The van der Waals surface area contributed by atoms with Crippen LogP contribution in [0.1, 0.15) is 51.1 Å². The maximum atomic E-state index is 13.0. The van der Waals surface area contributed by atoms with Gasteiger partial charge in [0.1, 0.15) is 0 Å². The largest absolute Gasteiger partial charge is 0.350 e. The van der Waals surface area contributed by atoms with E-state index in [0.29, 0.717) is 12.0 Å². The van der Waals surface area contributed by atoms with Gasteiger partial charge in [-0.15, -0.1) is 0 Å². The number of unbranched alkanes of at least 4 members (excludes halogenated alkanes) is 2. The van der Waals surface area contributed by atoms with Crippen LogP contribution in [0.4, 0.5) is 8.78 Å². The van der Waals surface area contributed by atoms with E-state index in [1.165, 1.54) is 6.07 Å². The molecule has 1 amide bonds. The van der Waals surface area contributed by atoms with Gasteiger partial charge in [0.05, 0.1) is 6.04 Å². The van der Waals surface area contributed by atoms with Crippen molar-refractivity contribution in [1.82, 2.24) is 5.32 Å². The minimum Gasteiger partial charge on any atom is -0.350 e. The second-order valence-corrected chi connectivity index (χ2v) is 4.42. The Morgan fingerprint density at radius 1 is 1.28 bits per heavy atom. The number of carbonyl (C=O) groups excluding carboxylic acids is 1. The van der Waals surface area contributed by atoms with Crippen LogP contribution in [0, 0.1) is 11.6 Å². The molecule has 0 saturated carbocycles. The molecule has 0 aliphatic heterocycles. The fourth-order valence-electron chi connectivity index (χ4n) is 1.71. The lowest BCUT2D eigenvalue weighted by Gasteiger charge is -2.14. The summed E-state index contributed by atoms with van der Waals surface area (Å²) in [5.41, 5.74) is 0.567. The van der Waals surface area contributed by atoms with E-state index in [0.717, 1.165) is 31.4 Å². The topological polar surface area (TPSA) is 29.1 Å². The maximum Gasteiger partial charge on any atom is 0.220 e. The lowest BCUT2D eigenvalue weighted by molar-refractivity contribution is -0.121. The van der Waals surface area contributed by atoms with Crippen LogP contribution >= 0.6 is 0 Å². The van der Waals surface area contributed by atoms with Gasteiger partial charge in [-0.25, -0.2) is 8.78 Å². The predicted molar refractivity (Wildman–Crippen MR) is 67.1 cm³/mol. The van der Waals surface area contributed by atoms with Crippen LogP contribution in [-0.4, -0.2) is 5.91 Å². The Morgan fingerprint density at radius 3 is 2.61 bits per heavy atom. The van der Waals surface area contributed by atoms with Crippen molar-refractivity contribution in [1.29, 1.82) is 0 Å². The van der Waals surface area contributed by atoms with Crippen molar-refractivity contribution in [3.05, 3.63) is 35.4 Å². The molecule has 0 spiro atoms. The second kappa shape index (κ2) is 7.09. The molecule has 1 aromatic rings. The van der Waals surface area contributed by atoms with Crippen LogP contribution in [0.25, 0.3) is 0 Å². The van der Waals surface area contributed by atoms with Gasteiger partial charge in [0.2, 0.25) is 5.91 Å². The Kier molecular flexibility index (Phi) is 5.75. The number of benzene rings is 1. The molecular formula is C14H19F2NO. The molecule has 18 heavy (non-hydrogen) atoms. The van der Waals surface area contributed by atoms with Gasteiger partial charge >= 0.3 is 0 Å². The molecule has 0 fully saturated rings. The Bertz CT molecular complexity index is 407. The molecule has 0 aromatic heterocycles. The Hall–Kier alpha value is -1.45. The number of rotatable bonds is 6. The quantitative estimate of drug-likeness (QED) is 0.771. The minimum absolute atomic E-state index is 0.0549. The van der Waals surface area contributed by atoms with Crippen molar-refractivity contribution in [2.75, 3.05) is 0 Å². The van der Waals surface area contributed by atoms with Crippen LogP contribution < -0.4 is 5.32 Å². The van der Waals surface area contributed by atoms with Gasteiger partial charge in [-0.3, -0.25) is 4.79 Å². The van der Waals surface area contributed by atoms with E-state index in [1.54, 1.807) is 6.92 Å². The number of halogens is 2. The van der Waals surface area contributed by atoms with E-state index in [9.17, 15) is 13.6 Å². The van der Waals surface area contributed by atoms with E-state index < -0.39 is 11.6 Å². The summed E-state index contributed by atoms with van der Waals surface area (Å²) < 4.78 is 25.8. The standard InChI is InChI=1S/C14H19F2NO/c1-3-4-5-6-14(18)17-10(2)11-7-8-12(15)13(16)9-11/h7-10H,3-6H2,1-2H3,(H,17,18). The van der Waals surface area contributed by atoms with Crippen molar-refractivity contribution >= 4 is 5.91 Å². The number of carbonyl (C=O) groups is 1. The van der Waals surface area contributed by atoms with Gasteiger partial charge in [0.25, 0.3) is 0 Å². The summed E-state index contributed by atoms with van der Waals surface area (Å²) in [5.74, 6) is -1.82. The fourth-order valence-corrected chi connectivity index (χ4v) is 1.71. The highest BCUT2D eigenvalue weighted by Gasteiger charge is 2.11. The first-order valence-corrected chi connectivity index (χ1v) is 6.29. The first-order chi connectivity index (χ1) is 8.54. The van der Waals surface area contributed by atoms with Crippen molar-refractivity contribution in [3.8, 4) is 0 Å². The monoisotopic (exact) mass is 255 g/mol. The van der Waals surface area contributed by atoms with Crippen molar-refractivity contribution in [2.24, 2.45) is 0 Å². The molecular weight excluding hydrogens is 236 g/mol. The average molecular weight is 255 g/mol. The zero-order valence-corrected chi connectivity index (χ0v) is 10.8. The number of nitrogens with one attached hydrogen (secondary N) is 1. The minimum atomic E-state index is -0.889. The smallest absolute Gasteiger partial charge is 0.220 e. The summed E-state index contributed by atoms with van der Waals surface area (Å²) in [7, 11) is 0. The molecule has 1 atom stereocenters. The van der Waals surface area contributed by atoms with E-state index in [1.807, 2.05) is 0 Å². The molecule has 1 rings (SSSR count). The first kappa shape index (κ1) is 14.6. The zero-order chi connectivity index (χ0) is 13.5. The Balaban J connectivity index is 2.51. The third kappa shape index (κ3) is 4.43. The van der Waals surface area contributed by atoms with Gasteiger partial charge in [-0.05, 0) is 31.0 Å². The second-order valence-electron chi connectivity index (χ2n) is 4.42. The third-order valence-corrected chi connectivity index (χ3v) is 2.83. The van der Waals surface area contributed by atoms with Crippen LogP contribution in [0.2, 0.25) is 0 Å². The summed E-state index contributed by atoms with van der Waals surface area (Å²) in [6, 6.07) is 3.36. The van der Waals surface area contributed by atoms with Crippen LogP contribution in [0.3, 0.4) is 0 Å². The molecule has 0 saturated heterocycles. The van der Waals surface area contributed by atoms with Crippen molar-refractivity contribution in [2.45, 2.75) is 45.6 Å². The molecule has 1 unspecified atom stereocenters. The summed E-state index contributed by atoms with van der Waals surface area (Å²) in [4.78, 5) is 11.6. The van der Waals surface area contributed by atoms with E-state index >= 15 is 0 Å². The molecule has 2 nitrogen and oxygen atoms in total. The molecule has 1 aromatic carbocycles. The molecule has 0 bridgehead atoms. The number of amides is 1. The van der Waals surface area contributed by atoms with E-state index in [-0.39, 0.29) is 11.9 Å². The fraction of sp³-hybridized carbons (Fsp3) is 0.500. The highest BCUT2D eigenvalue weighted by molar-refractivity contribution is 5.76. The number of hydrogen-bond acceptors (Lipinski definition) is 1. The summed E-state index contributed by atoms with van der Waals surface area (Å²) in [5, 5.41) is 2.77. The first-order valence-electron chi connectivity index (χ1n) is 6.29. The summed E-state index contributed by atoms with van der Waals surface area (Å²) >= 11 is 0. The molecule has 0 aliphatic carbocycles. The maximum absolute atomic E-state index is 13.0. The summed E-state index contributed by atoms with van der Waals surface area (Å²) in [6.07, 6.45) is 3.41. The van der Waals surface area contributed by atoms with Gasteiger partial charge in [0, 0.05) is 6.42 Å². The molecule has 1 N–H and O–H groups in total. The zero-order valence-electron chi connectivity index (χ0n) is 10.8. The molecule has 0 radical (unpaired) electrons. The number of hydrogen-bond donors (Lipinski definition) is 1.